The number of methoxy groups -OCH3 is 1. The Balaban J connectivity index is 2.10. The second kappa shape index (κ2) is 10.5. The molecule has 0 radical (unpaired) electrons. The number of nitrogens with one attached hydrogen (secondary N) is 2. The SMILES string of the molecule is COC(C)(C)c1n[nH]cnc(C)c(C2=CCC=C(C(F)(F)S)C(NC3CCCCC3)=C2)s1. The van der Waals surface area contributed by atoms with Crippen LogP contribution in [0.4, 0.5) is 8.78 Å². The summed E-state index contributed by atoms with van der Waals surface area (Å²) in [6, 6.07) is 0.181. The van der Waals surface area contributed by atoms with Crippen molar-refractivity contribution in [3.8, 4) is 0 Å². The zero-order valence-corrected chi connectivity index (χ0v) is 20.8. The molecule has 0 saturated heterocycles. The third kappa shape index (κ3) is 6.20. The summed E-state index contributed by atoms with van der Waals surface area (Å²) in [6.45, 7) is 5.76. The number of halogens is 2. The summed E-state index contributed by atoms with van der Waals surface area (Å²) in [7, 11) is 1.63. The maximum Gasteiger partial charge on any atom is 0.318 e. The molecule has 1 saturated carbocycles. The van der Waals surface area contributed by atoms with Crippen LogP contribution in [0.1, 0.15) is 68.0 Å². The average Bonchev–Trinajstić information content (AvgIpc) is 2.94. The molecule has 176 valence electrons. The summed E-state index contributed by atoms with van der Waals surface area (Å²) in [5, 5.41) is 8.12. The van der Waals surface area contributed by atoms with Gasteiger partial charge in [-0.15, -0.1) is 24.0 Å². The van der Waals surface area contributed by atoms with Gasteiger partial charge < -0.3 is 10.1 Å². The van der Waals surface area contributed by atoms with Crippen molar-refractivity contribution in [1.82, 2.24) is 20.5 Å². The standard InChI is InChI=1S/C23H32F2N4OS2/c1-15-20(32-21(22(2,3)30-4)29-27-14-26-15)16-9-8-12-18(23(24,25)31)19(13-16)28-17-10-6-5-7-11-17/h9,12-14,17,28,31H,5-8,10-11H2,1-4H3,(H,26,27). The maximum atomic E-state index is 14.4. The van der Waals surface area contributed by atoms with Gasteiger partial charge in [0.1, 0.15) is 16.9 Å². The minimum Gasteiger partial charge on any atom is -0.382 e. The van der Waals surface area contributed by atoms with Gasteiger partial charge in [-0.25, -0.2) is 4.98 Å². The highest BCUT2D eigenvalue weighted by atomic mass is 32.1. The summed E-state index contributed by atoms with van der Waals surface area (Å²) in [5.74, 6) is 0. The van der Waals surface area contributed by atoms with E-state index in [-0.39, 0.29) is 11.6 Å². The Morgan fingerprint density at radius 1 is 1.22 bits per heavy atom. The van der Waals surface area contributed by atoms with E-state index >= 15 is 0 Å². The Labute approximate surface area is 198 Å². The van der Waals surface area contributed by atoms with Gasteiger partial charge in [-0.3, -0.25) is 5.10 Å². The van der Waals surface area contributed by atoms with Crippen LogP contribution in [0.5, 0.6) is 0 Å². The molecule has 1 aromatic rings. The molecule has 9 heteroatoms. The second-order valence-electron chi connectivity index (χ2n) is 8.63. The number of nitrogens with zero attached hydrogens (tertiary/aromatic N) is 2. The number of H-pyrrole nitrogens is 1. The van der Waals surface area contributed by atoms with Crippen LogP contribution in [0.3, 0.4) is 0 Å². The number of allylic oxidation sites excluding steroid dienone is 5. The van der Waals surface area contributed by atoms with Gasteiger partial charge in [0.25, 0.3) is 0 Å². The largest absolute Gasteiger partial charge is 0.382 e. The highest BCUT2D eigenvalue weighted by Crippen LogP contribution is 2.38. The van der Waals surface area contributed by atoms with E-state index in [9.17, 15) is 8.78 Å². The van der Waals surface area contributed by atoms with E-state index in [0.29, 0.717) is 17.1 Å². The Hall–Kier alpha value is -1.71. The number of aromatic nitrogens is 3. The Morgan fingerprint density at radius 3 is 2.59 bits per heavy atom. The first kappa shape index (κ1) is 24.9. The van der Waals surface area contributed by atoms with Crippen molar-refractivity contribution in [3.63, 3.8) is 0 Å². The highest BCUT2D eigenvalue weighted by molar-refractivity contribution is 7.81. The van der Waals surface area contributed by atoms with Gasteiger partial charge in [0.05, 0.1) is 16.1 Å². The van der Waals surface area contributed by atoms with Crippen LogP contribution >= 0.6 is 24.0 Å². The number of rotatable bonds is 6. The summed E-state index contributed by atoms with van der Waals surface area (Å²) in [6.07, 6.45) is 12.6. The molecule has 2 aliphatic carbocycles. The topological polar surface area (TPSA) is 62.8 Å². The number of ether oxygens (including phenoxy) is 1. The molecule has 2 N–H and O–H groups in total. The molecular weight excluding hydrogens is 450 g/mol. The highest BCUT2D eigenvalue weighted by Gasteiger charge is 2.33. The van der Waals surface area contributed by atoms with Gasteiger partial charge in [0.15, 0.2) is 0 Å². The minimum absolute atomic E-state index is 0.0805. The lowest BCUT2D eigenvalue weighted by molar-refractivity contribution is 0.0182. The van der Waals surface area contributed by atoms with Crippen LogP contribution < -0.4 is 5.32 Å². The van der Waals surface area contributed by atoms with Gasteiger partial charge in [0, 0.05) is 18.8 Å². The van der Waals surface area contributed by atoms with E-state index in [1.807, 2.05) is 32.9 Å². The quantitative estimate of drug-likeness (QED) is 0.421. The molecule has 5 nitrogen and oxygen atoms in total. The van der Waals surface area contributed by atoms with E-state index in [4.69, 9.17) is 4.74 Å². The Bertz CT molecular complexity index is 949. The van der Waals surface area contributed by atoms with Crippen LogP contribution in [0.2, 0.25) is 0 Å². The van der Waals surface area contributed by atoms with Crippen molar-refractivity contribution in [3.05, 3.63) is 51.4 Å². The first-order valence-corrected chi connectivity index (χ1v) is 12.2. The third-order valence-electron chi connectivity index (χ3n) is 5.84. The molecule has 0 aliphatic heterocycles. The number of alkyl halides is 2. The second-order valence-corrected chi connectivity index (χ2v) is 10.2. The van der Waals surface area contributed by atoms with Gasteiger partial charge in [0.2, 0.25) is 0 Å². The molecule has 0 bridgehead atoms. The summed E-state index contributed by atoms with van der Waals surface area (Å²) in [4.78, 5) is 5.28. The monoisotopic (exact) mass is 482 g/mol. The fraction of sp³-hybridized carbons (Fsp3) is 0.565. The summed E-state index contributed by atoms with van der Waals surface area (Å²) < 4.78 is 34.5. The maximum absolute atomic E-state index is 14.4. The van der Waals surface area contributed by atoms with E-state index in [1.54, 1.807) is 13.2 Å². The molecule has 0 atom stereocenters. The van der Waals surface area contributed by atoms with E-state index < -0.39 is 10.9 Å². The van der Waals surface area contributed by atoms with Gasteiger partial charge in [-0.2, -0.15) is 13.9 Å². The molecule has 32 heavy (non-hydrogen) atoms. The van der Waals surface area contributed by atoms with E-state index in [0.717, 1.165) is 41.8 Å². The van der Waals surface area contributed by atoms with Crippen LogP contribution in [0, 0.1) is 6.92 Å². The summed E-state index contributed by atoms with van der Waals surface area (Å²) in [5.41, 5.74) is 1.31. The zero-order chi connectivity index (χ0) is 23.4. The smallest absolute Gasteiger partial charge is 0.318 e. The number of aromatic amines is 1. The van der Waals surface area contributed by atoms with Crippen LogP contribution in [-0.4, -0.2) is 33.6 Å². The first-order chi connectivity index (χ1) is 15.1. The van der Waals surface area contributed by atoms with Crippen LogP contribution in [0.15, 0.2) is 35.8 Å². The average molecular weight is 483 g/mol. The molecule has 1 fully saturated rings. The molecule has 0 amide bonds. The van der Waals surface area contributed by atoms with Crippen LogP contribution in [0.25, 0.3) is 5.57 Å². The summed E-state index contributed by atoms with van der Waals surface area (Å²) >= 11 is 5.04. The number of hydrogen-bond acceptors (Lipinski definition) is 6. The van der Waals surface area contributed by atoms with Crippen molar-refractivity contribution >= 4 is 29.5 Å². The van der Waals surface area contributed by atoms with Crippen molar-refractivity contribution < 1.29 is 13.5 Å². The molecule has 2 aliphatic rings. The van der Waals surface area contributed by atoms with Crippen LogP contribution in [-0.2, 0) is 10.3 Å². The van der Waals surface area contributed by atoms with E-state index in [1.165, 1.54) is 24.1 Å². The Kier molecular flexibility index (Phi) is 8.16. The fourth-order valence-electron chi connectivity index (χ4n) is 3.81. The lowest BCUT2D eigenvalue weighted by Gasteiger charge is -2.28. The molecular formula is C23H32F2N4OS2. The molecule has 1 heterocycles. The molecule has 1 aromatic heterocycles. The number of aryl methyl sites for hydroxylation is 1. The zero-order valence-electron chi connectivity index (χ0n) is 19.0. The van der Waals surface area contributed by atoms with Crippen molar-refractivity contribution in [1.29, 1.82) is 0 Å². The first-order valence-electron chi connectivity index (χ1n) is 10.9. The lowest BCUT2D eigenvalue weighted by atomic mass is 9.94. The van der Waals surface area contributed by atoms with E-state index in [2.05, 4.69) is 33.1 Å². The fourth-order valence-corrected chi connectivity index (χ4v) is 5.11. The number of hydrogen-bond donors (Lipinski definition) is 3. The normalized spacial score (nSPS) is 18.3. The molecule has 0 aromatic carbocycles. The minimum atomic E-state index is -3.24. The van der Waals surface area contributed by atoms with Crippen molar-refractivity contribution in [2.45, 2.75) is 76.2 Å². The molecule has 3 rings (SSSR count). The van der Waals surface area contributed by atoms with Crippen molar-refractivity contribution in [2.24, 2.45) is 0 Å². The van der Waals surface area contributed by atoms with Gasteiger partial charge >= 0.3 is 5.25 Å². The van der Waals surface area contributed by atoms with Gasteiger partial charge in [-0.05, 0) is 51.7 Å². The number of thiol groups is 1. The van der Waals surface area contributed by atoms with Crippen molar-refractivity contribution in [2.75, 3.05) is 7.11 Å². The molecule has 0 spiro atoms. The van der Waals surface area contributed by atoms with Gasteiger partial charge in [-0.1, -0.05) is 31.4 Å². The predicted molar refractivity (Wildman–Crippen MR) is 129 cm³/mol. The Morgan fingerprint density at radius 2 is 1.94 bits per heavy atom. The third-order valence-corrected chi connectivity index (χ3v) is 7.59. The lowest BCUT2D eigenvalue weighted by Crippen LogP contribution is -2.33. The predicted octanol–water partition coefficient (Wildman–Crippen LogP) is 6.22. The molecule has 0 unspecified atom stereocenters.